The second-order valence-corrected chi connectivity index (χ2v) is 6.55. The largest absolute Gasteiger partial charge is 0.343 e. The minimum absolute atomic E-state index is 0.0385. The summed E-state index contributed by atoms with van der Waals surface area (Å²) in [5, 5.41) is 2.90. The van der Waals surface area contributed by atoms with Crippen LogP contribution >= 0.6 is 0 Å². The molecule has 0 aromatic rings. The lowest BCUT2D eigenvalue weighted by Gasteiger charge is -2.40. The van der Waals surface area contributed by atoms with Crippen LogP contribution in [0.2, 0.25) is 0 Å². The highest BCUT2D eigenvalue weighted by Crippen LogP contribution is 2.32. The summed E-state index contributed by atoms with van der Waals surface area (Å²) >= 11 is 0. The predicted molar refractivity (Wildman–Crippen MR) is 79.1 cm³/mol. The summed E-state index contributed by atoms with van der Waals surface area (Å²) in [7, 11) is 0. The van der Waals surface area contributed by atoms with Gasteiger partial charge < -0.3 is 10.2 Å². The fourth-order valence-electron chi connectivity index (χ4n) is 3.70. The number of hydrogen-bond donors (Lipinski definition) is 1. The third kappa shape index (κ3) is 3.15. The molecular formula is C16H28N2O2. The number of carbonyl (C=O) groups is 2. The molecule has 4 unspecified atom stereocenters. The van der Waals surface area contributed by atoms with Crippen molar-refractivity contribution >= 4 is 11.8 Å². The molecule has 0 radical (unpaired) electrons. The van der Waals surface area contributed by atoms with Crippen LogP contribution in [0.1, 0.15) is 59.3 Å². The van der Waals surface area contributed by atoms with E-state index >= 15 is 0 Å². The molecule has 2 rings (SSSR count). The van der Waals surface area contributed by atoms with Crippen molar-refractivity contribution in [3.8, 4) is 0 Å². The van der Waals surface area contributed by atoms with E-state index in [9.17, 15) is 9.59 Å². The van der Waals surface area contributed by atoms with Gasteiger partial charge in [-0.3, -0.25) is 9.59 Å². The number of nitrogens with one attached hydrogen (secondary N) is 1. The molecule has 0 bridgehead atoms. The first-order chi connectivity index (χ1) is 9.56. The molecule has 2 fully saturated rings. The normalized spacial score (nSPS) is 34.5. The molecule has 1 saturated heterocycles. The lowest BCUT2D eigenvalue weighted by molar-refractivity contribution is -0.150. The van der Waals surface area contributed by atoms with E-state index in [4.69, 9.17) is 0 Å². The molecule has 1 saturated carbocycles. The second-order valence-electron chi connectivity index (χ2n) is 6.55. The van der Waals surface area contributed by atoms with Gasteiger partial charge in [0.15, 0.2) is 0 Å². The molecule has 114 valence electrons. The fraction of sp³-hybridized carbons (Fsp3) is 0.875. The molecule has 1 N–H and O–H groups in total. The molecule has 1 aliphatic carbocycles. The van der Waals surface area contributed by atoms with Gasteiger partial charge in [0, 0.05) is 6.54 Å². The zero-order valence-corrected chi connectivity index (χ0v) is 13.0. The van der Waals surface area contributed by atoms with Gasteiger partial charge in [-0.15, -0.1) is 0 Å². The van der Waals surface area contributed by atoms with Gasteiger partial charge in [0.25, 0.3) is 0 Å². The molecule has 2 aliphatic rings. The van der Waals surface area contributed by atoms with E-state index in [1.165, 1.54) is 19.3 Å². The monoisotopic (exact) mass is 280 g/mol. The molecule has 4 atom stereocenters. The number of piperazine rings is 1. The summed E-state index contributed by atoms with van der Waals surface area (Å²) in [6.45, 7) is 7.09. The lowest BCUT2D eigenvalue weighted by atomic mass is 9.98. The van der Waals surface area contributed by atoms with Crippen LogP contribution in [0.3, 0.4) is 0 Å². The number of amides is 2. The highest BCUT2D eigenvalue weighted by atomic mass is 16.2. The van der Waals surface area contributed by atoms with Gasteiger partial charge in [0.1, 0.15) is 12.1 Å². The Labute approximate surface area is 122 Å². The molecule has 20 heavy (non-hydrogen) atoms. The fourth-order valence-corrected chi connectivity index (χ4v) is 3.70. The molecular weight excluding hydrogens is 252 g/mol. The smallest absolute Gasteiger partial charge is 0.245 e. The Balaban J connectivity index is 2.07. The summed E-state index contributed by atoms with van der Waals surface area (Å²) in [4.78, 5) is 26.7. The van der Waals surface area contributed by atoms with Gasteiger partial charge in [0.2, 0.25) is 11.8 Å². The first kappa shape index (κ1) is 15.3. The van der Waals surface area contributed by atoms with Gasteiger partial charge >= 0.3 is 0 Å². The van der Waals surface area contributed by atoms with Crippen LogP contribution in [0.15, 0.2) is 0 Å². The first-order valence-electron chi connectivity index (χ1n) is 8.17. The van der Waals surface area contributed by atoms with E-state index in [1.54, 1.807) is 0 Å². The molecule has 0 aromatic carbocycles. The van der Waals surface area contributed by atoms with Crippen molar-refractivity contribution in [3.05, 3.63) is 0 Å². The second kappa shape index (κ2) is 6.59. The van der Waals surface area contributed by atoms with E-state index in [2.05, 4.69) is 12.2 Å². The highest BCUT2D eigenvalue weighted by Gasteiger charge is 2.40. The minimum Gasteiger partial charge on any atom is -0.343 e. The van der Waals surface area contributed by atoms with Crippen molar-refractivity contribution in [2.24, 2.45) is 11.8 Å². The van der Waals surface area contributed by atoms with Crippen molar-refractivity contribution in [2.45, 2.75) is 71.4 Å². The van der Waals surface area contributed by atoms with Gasteiger partial charge in [-0.1, -0.05) is 33.6 Å². The van der Waals surface area contributed by atoms with Crippen LogP contribution in [0.25, 0.3) is 0 Å². The molecule has 4 heteroatoms. The predicted octanol–water partition coefficient (Wildman–Crippen LogP) is 2.33. The van der Waals surface area contributed by atoms with Crippen molar-refractivity contribution in [3.63, 3.8) is 0 Å². The van der Waals surface area contributed by atoms with Crippen LogP contribution in [-0.4, -0.2) is 35.3 Å². The Morgan fingerprint density at radius 1 is 1.25 bits per heavy atom. The maximum atomic E-state index is 12.6. The Hall–Kier alpha value is -1.06. The van der Waals surface area contributed by atoms with Crippen LogP contribution < -0.4 is 5.32 Å². The van der Waals surface area contributed by atoms with Crippen LogP contribution in [-0.2, 0) is 9.59 Å². The lowest BCUT2D eigenvalue weighted by Crippen LogP contribution is -2.63. The number of carbonyl (C=O) groups excluding carboxylic acids is 2. The molecule has 1 heterocycles. The quantitative estimate of drug-likeness (QED) is 0.840. The maximum Gasteiger partial charge on any atom is 0.245 e. The van der Waals surface area contributed by atoms with Crippen molar-refractivity contribution in [1.29, 1.82) is 0 Å². The Morgan fingerprint density at radius 2 is 2.00 bits per heavy atom. The van der Waals surface area contributed by atoms with Crippen molar-refractivity contribution in [1.82, 2.24) is 10.2 Å². The number of nitrogens with zero attached hydrogens (tertiary/aromatic N) is 1. The molecule has 4 nitrogen and oxygen atoms in total. The average Bonchev–Trinajstić information content (AvgIpc) is 2.81. The van der Waals surface area contributed by atoms with E-state index < -0.39 is 0 Å². The summed E-state index contributed by atoms with van der Waals surface area (Å²) < 4.78 is 0. The SMILES string of the molecule is CCCC1NC(=O)C(CC)N(CC2CCC(C)C2)C1=O. The summed E-state index contributed by atoms with van der Waals surface area (Å²) in [5.74, 6) is 1.52. The standard InChI is InChI=1S/C16H28N2O2/c1-4-6-13-16(20)18(14(5-2)15(19)17-13)10-12-8-7-11(3)9-12/h11-14H,4-10H2,1-3H3,(H,17,19). The zero-order valence-electron chi connectivity index (χ0n) is 13.0. The van der Waals surface area contributed by atoms with Gasteiger partial charge in [-0.2, -0.15) is 0 Å². The van der Waals surface area contributed by atoms with Crippen LogP contribution in [0.5, 0.6) is 0 Å². The van der Waals surface area contributed by atoms with Gasteiger partial charge in [-0.05, 0) is 37.5 Å². The van der Waals surface area contributed by atoms with Gasteiger partial charge in [-0.25, -0.2) is 0 Å². The maximum absolute atomic E-state index is 12.6. The number of hydrogen-bond acceptors (Lipinski definition) is 2. The van der Waals surface area contributed by atoms with Gasteiger partial charge in [0.05, 0.1) is 0 Å². The van der Waals surface area contributed by atoms with E-state index in [-0.39, 0.29) is 23.9 Å². The Bertz CT molecular complexity index is 369. The van der Waals surface area contributed by atoms with E-state index in [0.29, 0.717) is 12.3 Å². The topological polar surface area (TPSA) is 49.4 Å². The first-order valence-corrected chi connectivity index (χ1v) is 8.17. The van der Waals surface area contributed by atoms with Crippen molar-refractivity contribution in [2.75, 3.05) is 6.54 Å². The van der Waals surface area contributed by atoms with Crippen LogP contribution in [0, 0.1) is 11.8 Å². The van der Waals surface area contributed by atoms with E-state index in [0.717, 1.165) is 25.3 Å². The molecule has 2 amide bonds. The summed E-state index contributed by atoms with van der Waals surface area (Å²) in [6.07, 6.45) is 6.02. The zero-order chi connectivity index (χ0) is 14.7. The summed E-state index contributed by atoms with van der Waals surface area (Å²) in [5.41, 5.74) is 0. The molecule has 1 aliphatic heterocycles. The Kier molecular flexibility index (Phi) is 5.06. The third-order valence-electron chi connectivity index (χ3n) is 4.80. The molecule has 0 aromatic heterocycles. The molecule has 0 spiro atoms. The van der Waals surface area contributed by atoms with Crippen molar-refractivity contribution < 1.29 is 9.59 Å². The van der Waals surface area contributed by atoms with Crippen LogP contribution in [0.4, 0.5) is 0 Å². The minimum atomic E-state index is -0.297. The Morgan fingerprint density at radius 3 is 2.55 bits per heavy atom. The highest BCUT2D eigenvalue weighted by molar-refractivity contribution is 5.96. The van der Waals surface area contributed by atoms with E-state index in [1.807, 2.05) is 18.7 Å². The average molecular weight is 280 g/mol. The third-order valence-corrected chi connectivity index (χ3v) is 4.80. The number of rotatable bonds is 5. The summed E-state index contributed by atoms with van der Waals surface area (Å²) in [6, 6.07) is -0.555.